The van der Waals surface area contributed by atoms with Crippen molar-refractivity contribution in [3.8, 4) is 6.07 Å². The Balaban J connectivity index is 1.95. The average Bonchev–Trinajstić information content (AvgIpc) is 2.74. The number of aryl methyl sites for hydroxylation is 1. The van der Waals surface area contributed by atoms with Crippen molar-refractivity contribution in [1.29, 1.82) is 5.26 Å². The van der Waals surface area contributed by atoms with E-state index >= 15 is 0 Å². The van der Waals surface area contributed by atoms with Crippen LogP contribution in [0.25, 0.3) is 0 Å². The average molecular weight is 344 g/mol. The van der Waals surface area contributed by atoms with Crippen molar-refractivity contribution in [3.05, 3.63) is 23.8 Å². The number of hydrogen-bond donors (Lipinski definition) is 0. The van der Waals surface area contributed by atoms with Crippen LogP contribution in [0.5, 0.6) is 0 Å². The first-order valence-electron chi connectivity index (χ1n) is 8.96. The lowest BCUT2D eigenvalue weighted by atomic mass is 9.95. The fourth-order valence-electron chi connectivity index (χ4n) is 3.05. The number of amides is 1. The van der Waals surface area contributed by atoms with E-state index in [1.54, 1.807) is 12.4 Å². The highest BCUT2D eigenvalue weighted by Gasteiger charge is 2.28. The molecule has 2 atom stereocenters. The summed E-state index contributed by atoms with van der Waals surface area (Å²) >= 11 is 0. The SMILES string of the molecule is CC1CCC(CCc2ncc(C#N)cn2)CN(C(=O)OC(C)(C)C)C1. The van der Waals surface area contributed by atoms with E-state index in [4.69, 9.17) is 10.00 Å². The maximum Gasteiger partial charge on any atom is 0.410 e. The Morgan fingerprint density at radius 3 is 2.60 bits per heavy atom. The molecular formula is C19H28N4O2. The van der Waals surface area contributed by atoms with Gasteiger partial charge in [-0.3, -0.25) is 0 Å². The molecule has 0 aliphatic carbocycles. The molecule has 0 aromatic carbocycles. The van der Waals surface area contributed by atoms with E-state index in [9.17, 15) is 4.79 Å². The maximum atomic E-state index is 12.5. The van der Waals surface area contributed by atoms with Gasteiger partial charge in [-0.1, -0.05) is 6.92 Å². The van der Waals surface area contributed by atoms with Crippen LogP contribution >= 0.6 is 0 Å². The molecule has 0 spiro atoms. The summed E-state index contributed by atoms with van der Waals surface area (Å²) in [5, 5.41) is 8.80. The molecule has 1 aromatic heterocycles. The van der Waals surface area contributed by atoms with Gasteiger partial charge >= 0.3 is 6.09 Å². The number of nitriles is 1. The highest BCUT2D eigenvalue weighted by atomic mass is 16.6. The summed E-state index contributed by atoms with van der Waals surface area (Å²) in [5.74, 6) is 1.64. The van der Waals surface area contributed by atoms with Crippen LogP contribution in [0.3, 0.4) is 0 Å². The lowest BCUT2D eigenvalue weighted by Gasteiger charge is -2.29. The van der Waals surface area contributed by atoms with Gasteiger partial charge in [0.2, 0.25) is 0 Å². The van der Waals surface area contributed by atoms with Crippen molar-refractivity contribution >= 4 is 6.09 Å². The predicted octanol–water partition coefficient (Wildman–Crippen LogP) is 3.56. The molecule has 2 unspecified atom stereocenters. The zero-order valence-electron chi connectivity index (χ0n) is 15.7. The quantitative estimate of drug-likeness (QED) is 0.837. The van der Waals surface area contributed by atoms with Crippen molar-refractivity contribution in [2.75, 3.05) is 13.1 Å². The first-order valence-corrected chi connectivity index (χ1v) is 8.96. The number of hydrogen-bond acceptors (Lipinski definition) is 5. The molecule has 0 bridgehead atoms. The normalized spacial score (nSPS) is 21.3. The van der Waals surface area contributed by atoms with Crippen molar-refractivity contribution in [2.45, 2.75) is 59.0 Å². The van der Waals surface area contributed by atoms with E-state index in [1.165, 1.54) is 0 Å². The minimum atomic E-state index is -0.474. The molecule has 2 heterocycles. The molecule has 1 fully saturated rings. The van der Waals surface area contributed by atoms with Crippen molar-refractivity contribution in [2.24, 2.45) is 11.8 Å². The molecule has 1 saturated heterocycles. The fraction of sp³-hybridized carbons (Fsp3) is 0.684. The lowest BCUT2D eigenvalue weighted by molar-refractivity contribution is 0.0214. The van der Waals surface area contributed by atoms with Gasteiger partial charge in [-0.05, 0) is 51.9 Å². The van der Waals surface area contributed by atoms with E-state index in [1.807, 2.05) is 31.7 Å². The van der Waals surface area contributed by atoms with Crippen molar-refractivity contribution in [1.82, 2.24) is 14.9 Å². The lowest BCUT2D eigenvalue weighted by Crippen LogP contribution is -2.40. The maximum absolute atomic E-state index is 12.5. The highest BCUT2D eigenvalue weighted by Crippen LogP contribution is 2.25. The van der Waals surface area contributed by atoms with Crippen LogP contribution in [0.2, 0.25) is 0 Å². The fourth-order valence-corrected chi connectivity index (χ4v) is 3.05. The van der Waals surface area contributed by atoms with Crippen LogP contribution in [0.15, 0.2) is 12.4 Å². The Labute approximate surface area is 150 Å². The van der Waals surface area contributed by atoms with Gasteiger partial charge in [-0.2, -0.15) is 5.26 Å². The first-order chi connectivity index (χ1) is 11.8. The van der Waals surface area contributed by atoms with Crippen LogP contribution in [0.4, 0.5) is 4.79 Å². The minimum Gasteiger partial charge on any atom is -0.444 e. The number of ether oxygens (including phenoxy) is 1. The Bertz CT molecular complexity index is 616. The molecule has 0 saturated carbocycles. The van der Waals surface area contributed by atoms with E-state index in [0.29, 0.717) is 17.4 Å². The number of carbonyl (C=O) groups is 1. The van der Waals surface area contributed by atoms with Crippen molar-refractivity contribution < 1.29 is 9.53 Å². The largest absolute Gasteiger partial charge is 0.444 e. The standard InChI is InChI=1S/C19H28N4O2/c1-14-5-6-15(7-8-17-21-10-16(9-20)11-22-17)13-23(12-14)18(24)25-19(2,3)4/h10-11,14-15H,5-8,12-13H2,1-4H3. The molecule has 0 radical (unpaired) electrons. The number of likely N-dealkylation sites (tertiary alicyclic amines) is 1. The van der Waals surface area contributed by atoms with Crippen LogP contribution in [-0.4, -0.2) is 39.7 Å². The number of rotatable bonds is 3. The summed E-state index contributed by atoms with van der Waals surface area (Å²) in [6.45, 7) is 9.33. The highest BCUT2D eigenvalue weighted by molar-refractivity contribution is 5.68. The number of aromatic nitrogens is 2. The summed E-state index contributed by atoms with van der Waals surface area (Å²) in [6, 6.07) is 2.03. The number of carbonyl (C=O) groups excluding carboxylic acids is 1. The van der Waals surface area contributed by atoms with E-state index in [-0.39, 0.29) is 6.09 Å². The Hall–Kier alpha value is -2.16. The Kier molecular flexibility index (Phi) is 6.35. The smallest absolute Gasteiger partial charge is 0.410 e. The van der Waals surface area contributed by atoms with Gasteiger partial charge in [0.15, 0.2) is 0 Å². The first kappa shape index (κ1) is 19.2. The zero-order chi connectivity index (χ0) is 18.4. The second-order valence-corrected chi connectivity index (χ2v) is 7.97. The van der Waals surface area contributed by atoms with Crippen LogP contribution in [-0.2, 0) is 11.2 Å². The summed E-state index contributed by atoms with van der Waals surface area (Å²) < 4.78 is 5.55. The van der Waals surface area contributed by atoms with Crippen molar-refractivity contribution in [3.63, 3.8) is 0 Å². The van der Waals surface area contributed by atoms with E-state index in [0.717, 1.165) is 44.6 Å². The molecule has 2 rings (SSSR count). The predicted molar refractivity (Wildman–Crippen MR) is 94.8 cm³/mol. The topological polar surface area (TPSA) is 79.1 Å². The molecular weight excluding hydrogens is 316 g/mol. The molecule has 0 N–H and O–H groups in total. The van der Waals surface area contributed by atoms with Gasteiger partial charge in [0.1, 0.15) is 17.5 Å². The monoisotopic (exact) mass is 344 g/mol. The summed E-state index contributed by atoms with van der Waals surface area (Å²) in [6.07, 6.45) is 6.79. The van der Waals surface area contributed by atoms with Gasteiger partial charge < -0.3 is 9.64 Å². The van der Waals surface area contributed by atoms with E-state index < -0.39 is 5.60 Å². The molecule has 1 amide bonds. The van der Waals surface area contributed by atoms with Crippen LogP contribution in [0, 0.1) is 23.2 Å². The van der Waals surface area contributed by atoms with Crippen LogP contribution in [0.1, 0.15) is 58.3 Å². The van der Waals surface area contributed by atoms with Gasteiger partial charge in [0.05, 0.1) is 5.56 Å². The van der Waals surface area contributed by atoms with Gasteiger partial charge in [-0.15, -0.1) is 0 Å². The van der Waals surface area contributed by atoms with E-state index in [2.05, 4.69) is 16.9 Å². The van der Waals surface area contributed by atoms with Gasteiger partial charge in [-0.25, -0.2) is 14.8 Å². The molecule has 25 heavy (non-hydrogen) atoms. The number of nitrogens with zero attached hydrogens (tertiary/aromatic N) is 4. The second kappa shape index (κ2) is 8.28. The molecule has 6 heteroatoms. The third kappa shape index (κ3) is 6.33. The zero-order valence-corrected chi connectivity index (χ0v) is 15.7. The molecule has 6 nitrogen and oxygen atoms in total. The molecule has 1 aliphatic rings. The van der Waals surface area contributed by atoms with Crippen LogP contribution < -0.4 is 0 Å². The summed E-state index contributed by atoms with van der Waals surface area (Å²) in [5.41, 5.74) is 0.00137. The molecule has 1 aromatic rings. The Morgan fingerprint density at radius 1 is 1.32 bits per heavy atom. The summed E-state index contributed by atoms with van der Waals surface area (Å²) in [4.78, 5) is 22.8. The van der Waals surface area contributed by atoms with Gasteiger partial charge in [0.25, 0.3) is 0 Å². The Morgan fingerprint density at radius 2 is 2.00 bits per heavy atom. The summed E-state index contributed by atoms with van der Waals surface area (Å²) in [7, 11) is 0. The minimum absolute atomic E-state index is 0.221. The molecule has 136 valence electrons. The van der Waals surface area contributed by atoms with Gasteiger partial charge in [0, 0.05) is 31.9 Å². The third-order valence-electron chi connectivity index (χ3n) is 4.34. The second-order valence-electron chi connectivity index (χ2n) is 7.97. The molecule has 1 aliphatic heterocycles. The third-order valence-corrected chi connectivity index (χ3v) is 4.34.